The van der Waals surface area contributed by atoms with Crippen molar-refractivity contribution in [1.29, 1.82) is 0 Å². The predicted molar refractivity (Wildman–Crippen MR) is 173 cm³/mol. The molecule has 0 radical (unpaired) electrons. The smallest absolute Gasteiger partial charge is 0.155 e. The number of pyridine rings is 2. The maximum atomic E-state index is 6.24. The fourth-order valence-corrected chi connectivity index (χ4v) is 7.89. The number of aryl methyl sites for hydroxylation is 2. The minimum atomic E-state index is 0.0707. The van der Waals surface area contributed by atoms with Crippen molar-refractivity contribution in [2.24, 2.45) is 0 Å². The number of hydrogen-bond acceptors (Lipinski definition) is 7. The Morgan fingerprint density at radius 2 is 1.53 bits per heavy atom. The summed E-state index contributed by atoms with van der Waals surface area (Å²) in [7, 11) is 0. The van der Waals surface area contributed by atoms with E-state index in [0.29, 0.717) is 24.7 Å². The number of fused-ring (bicyclic) bond motifs is 4. The molecule has 1 aliphatic carbocycles. The van der Waals surface area contributed by atoms with E-state index in [0.717, 1.165) is 83.9 Å². The summed E-state index contributed by atoms with van der Waals surface area (Å²) >= 11 is 0. The highest BCUT2D eigenvalue weighted by Gasteiger charge is 2.45. The molecular weight excluding hydrogens is 562 g/mol. The third-order valence-corrected chi connectivity index (χ3v) is 10.3. The number of hydrogen-bond donors (Lipinski definition) is 1. The van der Waals surface area contributed by atoms with E-state index in [2.05, 4.69) is 68.6 Å². The van der Waals surface area contributed by atoms with E-state index >= 15 is 0 Å². The van der Waals surface area contributed by atoms with Crippen LogP contribution < -0.4 is 4.74 Å². The number of benzene rings is 2. The highest BCUT2D eigenvalue weighted by atomic mass is 16.5. The second-order valence-electron chi connectivity index (χ2n) is 13.0. The highest BCUT2D eigenvalue weighted by molar-refractivity contribution is 5.93. The SMILES string of the molecule is c1cnc(-c2ccc(-c3n[nH]c4ncc(-c5ccc6c(c5)CC[C@@H](N5C7COCC5C7)CC6)cc34)cc2)c(O[C@@H]2CCOC2)c1. The highest BCUT2D eigenvalue weighted by Crippen LogP contribution is 2.38. The summed E-state index contributed by atoms with van der Waals surface area (Å²) in [6.07, 6.45) is 10.8. The molecule has 3 aromatic heterocycles. The summed E-state index contributed by atoms with van der Waals surface area (Å²) in [6, 6.07) is 23.5. The Morgan fingerprint density at radius 3 is 2.33 bits per heavy atom. The Morgan fingerprint density at radius 1 is 0.733 bits per heavy atom. The quantitative estimate of drug-likeness (QED) is 0.231. The van der Waals surface area contributed by atoms with Crippen LogP contribution in [0.4, 0.5) is 0 Å². The lowest BCUT2D eigenvalue weighted by molar-refractivity contribution is -0.148. The zero-order valence-corrected chi connectivity index (χ0v) is 25.3. The van der Waals surface area contributed by atoms with Crippen molar-refractivity contribution >= 4 is 11.0 Å². The lowest BCUT2D eigenvalue weighted by Crippen LogP contribution is -2.66. The van der Waals surface area contributed by atoms with Crippen molar-refractivity contribution in [3.63, 3.8) is 0 Å². The number of aromatic nitrogens is 4. The fraction of sp³-hybridized carbons (Fsp3) is 0.378. The molecular formula is C37H37N5O3. The van der Waals surface area contributed by atoms with Crippen molar-refractivity contribution in [1.82, 2.24) is 25.1 Å². The van der Waals surface area contributed by atoms with Crippen LogP contribution in [-0.2, 0) is 22.3 Å². The maximum absolute atomic E-state index is 6.24. The van der Waals surface area contributed by atoms with Crippen molar-refractivity contribution < 1.29 is 14.2 Å². The van der Waals surface area contributed by atoms with Crippen LogP contribution in [-0.4, -0.2) is 75.7 Å². The molecule has 1 N–H and O–H groups in total. The first-order chi connectivity index (χ1) is 22.3. The van der Waals surface area contributed by atoms with Crippen molar-refractivity contribution in [3.05, 3.63) is 84.2 Å². The van der Waals surface area contributed by atoms with Gasteiger partial charge >= 0.3 is 0 Å². The van der Waals surface area contributed by atoms with Gasteiger partial charge < -0.3 is 14.2 Å². The summed E-state index contributed by atoms with van der Waals surface area (Å²) in [5.41, 5.74) is 9.87. The van der Waals surface area contributed by atoms with Crippen LogP contribution in [0, 0.1) is 0 Å². The van der Waals surface area contributed by atoms with Crippen molar-refractivity contribution in [3.8, 4) is 39.4 Å². The minimum Gasteiger partial charge on any atom is -0.486 e. The molecule has 0 amide bonds. The Labute approximate surface area is 262 Å². The van der Waals surface area contributed by atoms with E-state index in [1.807, 2.05) is 24.5 Å². The van der Waals surface area contributed by atoms with Crippen LogP contribution in [0.3, 0.4) is 0 Å². The van der Waals surface area contributed by atoms with Crippen LogP contribution in [0.2, 0.25) is 0 Å². The zero-order chi connectivity index (χ0) is 29.7. The second-order valence-corrected chi connectivity index (χ2v) is 13.0. The van der Waals surface area contributed by atoms with Crippen LogP contribution >= 0.6 is 0 Å². The Kier molecular flexibility index (Phi) is 6.87. The molecule has 0 spiro atoms. The number of ether oxygens (including phenoxy) is 3. The molecule has 2 bridgehead atoms. The van der Waals surface area contributed by atoms with Gasteiger partial charge in [0.15, 0.2) is 5.65 Å². The van der Waals surface area contributed by atoms with Gasteiger partial charge in [-0.1, -0.05) is 42.5 Å². The number of nitrogens with one attached hydrogen (secondary N) is 1. The molecule has 2 unspecified atom stereocenters. The number of aromatic amines is 1. The Bertz CT molecular complexity index is 1830. The first-order valence-corrected chi connectivity index (χ1v) is 16.4. The molecule has 228 valence electrons. The number of H-pyrrole nitrogens is 1. The topological polar surface area (TPSA) is 85.4 Å². The molecule has 45 heavy (non-hydrogen) atoms. The number of morpholine rings is 1. The molecule has 9 rings (SSSR count). The van der Waals surface area contributed by atoms with Crippen LogP contribution in [0.25, 0.3) is 44.7 Å². The normalized spacial score (nSPS) is 24.6. The molecule has 8 nitrogen and oxygen atoms in total. The fourth-order valence-electron chi connectivity index (χ4n) is 7.89. The number of rotatable bonds is 6. The molecule has 8 heteroatoms. The van der Waals surface area contributed by atoms with E-state index in [1.165, 1.54) is 36.0 Å². The summed E-state index contributed by atoms with van der Waals surface area (Å²) in [5, 5.41) is 8.84. The van der Waals surface area contributed by atoms with Gasteiger partial charge in [0.25, 0.3) is 0 Å². The summed E-state index contributed by atoms with van der Waals surface area (Å²) in [4.78, 5) is 12.2. The van der Waals surface area contributed by atoms with Crippen LogP contribution in [0.15, 0.2) is 73.1 Å². The van der Waals surface area contributed by atoms with Gasteiger partial charge in [-0.25, -0.2) is 4.98 Å². The van der Waals surface area contributed by atoms with Gasteiger partial charge in [-0.15, -0.1) is 0 Å². The Hall–Kier alpha value is -4.11. The monoisotopic (exact) mass is 599 g/mol. The first-order valence-electron chi connectivity index (χ1n) is 16.4. The number of nitrogens with zero attached hydrogens (tertiary/aromatic N) is 4. The Balaban J connectivity index is 0.963. The summed E-state index contributed by atoms with van der Waals surface area (Å²) in [6.45, 7) is 3.19. The predicted octanol–water partition coefficient (Wildman–Crippen LogP) is 6.24. The molecule has 4 atom stereocenters. The lowest BCUT2D eigenvalue weighted by atomic mass is 9.87. The molecule has 0 saturated carbocycles. The molecule has 3 aliphatic heterocycles. The molecule has 5 aromatic rings. The van der Waals surface area contributed by atoms with Crippen LogP contribution in [0.1, 0.15) is 36.8 Å². The van der Waals surface area contributed by atoms with Crippen molar-refractivity contribution in [2.45, 2.75) is 62.8 Å². The molecule has 4 aliphatic rings. The van der Waals surface area contributed by atoms with Gasteiger partial charge in [0, 0.05) is 59.0 Å². The summed E-state index contributed by atoms with van der Waals surface area (Å²) < 4.78 is 17.5. The minimum absolute atomic E-state index is 0.0707. The average molecular weight is 600 g/mol. The van der Waals surface area contributed by atoms with Gasteiger partial charge in [-0.05, 0) is 67.0 Å². The second kappa shape index (κ2) is 11.4. The van der Waals surface area contributed by atoms with E-state index in [4.69, 9.17) is 19.2 Å². The van der Waals surface area contributed by atoms with Gasteiger partial charge in [-0.3, -0.25) is 15.0 Å². The largest absolute Gasteiger partial charge is 0.486 e. The molecule has 6 heterocycles. The molecule has 3 saturated heterocycles. The first kappa shape index (κ1) is 27.2. The van der Waals surface area contributed by atoms with E-state index in [9.17, 15) is 0 Å². The maximum Gasteiger partial charge on any atom is 0.155 e. The molecule has 2 aromatic carbocycles. The van der Waals surface area contributed by atoms with Crippen LogP contribution in [0.5, 0.6) is 5.75 Å². The van der Waals surface area contributed by atoms with Gasteiger partial charge in [-0.2, -0.15) is 5.10 Å². The van der Waals surface area contributed by atoms with Gasteiger partial charge in [0.05, 0.1) is 26.4 Å². The van der Waals surface area contributed by atoms with Crippen molar-refractivity contribution in [2.75, 3.05) is 26.4 Å². The van der Waals surface area contributed by atoms with Gasteiger partial charge in [0.2, 0.25) is 0 Å². The average Bonchev–Trinajstić information content (AvgIpc) is 3.72. The third kappa shape index (κ3) is 5.01. The van der Waals surface area contributed by atoms with E-state index < -0.39 is 0 Å². The lowest BCUT2D eigenvalue weighted by Gasteiger charge is -2.56. The zero-order valence-electron chi connectivity index (χ0n) is 25.3. The third-order valence-electron chi connectivity index (χ3n) is 10.3. The van der Waals surface area contributed by atoms with E-state index in [-0.39, 0.29) is 6.10 Å². The van der Waals surface area contributed by atoms with E-state index in [1.54, 1.807) is 0 Å². The summed E-state index contributed by atoms with van der Waals surface area (Å²) in [5.74, 6) is 0.786. The molecule has 3 fully saturated rings. The van der Waals surface area contributed by atoms with Gasteiger partial charge in [0.1, 0.15) is 23.2 Å². The standard InChI is InChI=1S/C37H37N5O3/c1-2-34(45-32-13-15-43-22-32)36(38-14-1)25-6-4-24(5-7-25)35-33-17-28(19-39-37(33)41-40-35)27-8-3-23-9-11-29(12-10-26(23)16-27)42-30-18-31(42)21-44-20-30/h1-8,14,16-17,19,29-32H,9-13,15,18,20-22H2,(H,39,40,41)/t29-,30?,31?,32+/m0/s1.